The van der Waals surface area contributed by atoms with E-state index in [1.807, 2.05) is 54.2 Å². The highest BCUT2D eigenvalue weighted by Crippen LogP contribution is 2.24. The van der Waals surface area contributed by atoms with Crippen LogP contribution in [0.3, 0.4) is 0 Å². The predicted molar refractivity (Wildman–Crippen MR) is 114 cm³/mol. The van der Waals surface area contributed by atoms with Crippen LogP contribution in [0.1, 0.15) is 40.6 Å². The fraction of sp³-hybridized carbons (Fsp3) is 0.227. The third-order valence-electron chi connectivity index (χ3n) is 4.59. The van der Waals surface area contributed by atoms with Gasteiger partial charge in [0.1, 0.15) is 17.6 Å². The third kappa shape index (κ3) is 5.32. The van der Waals surface area contributed by atoms with E-state index in [2.05, 4.69) is 26.2 Å². The topological polar surface area (TPSA) is 73.2 Å². The lowest BCUT2D eigenvalue weighted by Gasteiger charge is -2.19. The number of ether oxygens (including phenoxy) is 1. The number of amides is 1. The minimum atomic E-state index is -0.444. The van der Waals surface area contributed by atoms with E-state index in [0.717, 1.165) is 10.0 Å². The number of carbonyl (C=O) groups excluding carboxylic acids is 2. The molecule has 29 heavy (non-hydrogen) atoms. The van der Waals surface area contributed by atoms with Gasteiger partial charge in [0.25, 0.3) is 0 Å². The number of hydrogen-bond donors (Lipinski definition) is 1. The molecule has 1 atom stereocenters. The number of rotatable bonds is 8. The molecular weight excluding hydrogens is 434 g/mol. The van der Waals surface area contributed by atoms with Crippen LogP contribution >= 0.6 is 15.9 Å². The van der Waals surface area contributed by atoms with E-state index in [4.69, 9.17) is 4.74 Å². The van der Waals surface area contributed by atoms with Crippen molar-refractivity contribution in [3.05, 3.63) is 82.3 Å². The van der Waals surface area contributed by atoms with Crippen molar-refractivity contribution in [2.75, 3.05) is 7.11 Å². The van der Waals surface area contributed by atoms with Gasteiger partial charge >= 0.3 is 0 Å². The van der Waals surface area contributed by atoms with Crippen molar-refractivity contribution in [2.24, 2.45) is 7.05 Å². The Labute approximate surface area is 178 Å². The maximum Gasteiger partial charge on any atom is 0.221 e. The molecule has 7 heteroatoms. The fourth-order valence-electron chi connectivity index (χ4n) is 3.01. The summed E-state index contributed by atoms with van der Waals surface area (Å²) in [5.74, 6) is 1.11. The van der Waals surface area contributed by atoms with Crippen molar-refractivity contribution in [3.63, 3.8) is 0 Å². The number of Topliss-reactive ketones (excluding diaryl/α,β-unsaturated/α-hetero) is 1. The molecule has 0 spiro atoms. The van der Waals surface area contributed by atoms with E-state index in [1.165, 1.54) is 0 Å². The molecule has 0 aliphatic heterocycles. The monoisotopic (exact) mass is 455 g/mol. The van der Waals surface area contributed by atoms with Gasteiger partial charge in [-0.1, -0.05) is 40.2 Å². The lowest BCUT2D eigenvalue weighted by Crippen LogP contribution is -2.31. The third-order valence-corrected chi connectivity index (χ3v) is 5.12. The molecule has 0 unspecified atom stereocenters. The Bertz CT molecular complexity index is 999. The number of carbonyl (C=O) groups is 2. The average molecular weight is 456 g/mol. The Balaban J connectivity index is 1.72. The zero-order valence-corrected chi connectivity index (χ0v) is 17.8. The quantitative estimate of drug-likeness (QED) is 0.519. The number of imidazole rings is 1. The molecule has 3 aromatic rings. The molecule has 0 saturated carbocycles. The number of ketones is 1. The Kier molecular flexibility index (Phi) is 6.82. The Morgan fingerprint density at radius 2 is 1.93 bits per heavy atom. The van der Waals surface area contributed by atoms with E-state index in [9.17, 15) is 9.59 Å². The van der Waals surface area contributed by atoms with Crippen molar-refractivity contribution >= 4 is 27.6 Å². The summed E-state index contributed by atoms with van der Waals surface area (Å²) < 4.78 is 8.07. The first-order valence-electron chi connectivity index (χ1n) is 9.17. The van der Waals surface area contributed by atoms with E-state index in [0.29, 0.717) is 17.1 Å². The summed E-state index contributed by atoms with van der Waals surface area (Å²) in [6, 6.07) is 14.2. The van der Waals surface area contributed by atoms with Crippen LogP contribution in [-0.4, -0.2) is 28.4 Å². The zero-order chi connectivity index (χ0) is 20.8. The lowest BCUT2D eigenvalue weighted by molar-refractivity contribution is -0.121. The average Bonchev–Trinajstić information content (AvgIpc) is 3.16. The molecule has 1 aromatic heterocycles. The molecule has 0 radical (unpaired) electrons. The first-order chi connectivity index (χ1) is 14.0. The summed E-state index contributed by atoms with van der Waals surface area (Å²) >= 11 is 3.35. The summed E-state index contributed by atoms with van der Waals surface area (Å²) in [5.41, 5.74) is 1.45. The highest BCUT2D eigenvalue weighted by atomic mass is 79.9. The number of hydrogen-bond acceptors (Lipinski definition) is 4. The van der Waals surface area contributed by atoms with Crippen LogP contribution in [0.5, 0.6) is 5.75 Å². The zero-order valence-electron chi connectivity index (χ0n) is 16.3. The van der Waals surface area contributed by atoms with Crippen molar-refractivity contribution < 1.29 is 14.3 Å². The number of halogens is 1. The maximum atomic E-state index is 12.6. The van der Waals surface area contributed by atoms with E-state index in [-0.39, 0.29) is 24.5 Å². The second-order valence-corrected chi connectivity index (χ2v) is 7.52. The standard InChI is InChI=1S/C22H22BrN3O3/c1-26-13-12-24-22(26)21(16-4-3-5-18(14-16)29-2)25-20(28)11-10-19(27)15-6-8-17(23)9-7-15/h3-9,12-14,21H,10-11H2,1-2H3,(H,25,28)/t21-/m0/s1. The van der Waals surface area contributed by atoms with Gasteiger partial charge in [-0.2, -0.15) is 0 Å². The van der Waals surface area contributed by atoms with Crippen molar-refractivity contribution in [1.29, 1.82) is 0 Å². The van der Waals surface area contributed by atoms with Crippen LogP contribution in [0.4, 0.5) is 0 Å². The van der Waals surface area contributed by atoms with Crippen LogP contribution in [-0.2, 0) is 11.8 Å². The second kappa shape index (κ2) is 9.52. The van der Waals surface area contributed by atoms with Crippen LogP contribution in [0, 0.1) is 0 Å². The van der Waals surface area contributed by atoms with Crippen LogP contribution in [0.25, 0.3) is 0 Å². The molecule has 6 nitrogen and oxygen atoms in total. The number of aromatic nitrogens is 2. The van der Waals surface area contributed by atoms with Gasteiger partial charge in [-0.25, -0.2) is 4.98 Å². The van der Waals surface area contributed by atoms with Gasteiger partial charge in [-0.3, -0.25) is 9.59 Å². The van der Waals surface area contributed by atoms with Gasteiger partial charge in [0, 0.05) is 42.3 Å². The van der Waals surface area contributed by atoms with Gasteiger partial charge in [0.15, 0.2) is 5.78 Å². The maximum absolute atomic E-state index is 12.6. The molecule has 0 saturated heterocycles. The molecule has 1 amide bonds. The molecule has 0 fully saturated rings. The molecule has 2 aromatic carbocycles. The largest absolute Gasteiger partial charge is 0.497 e. The molecule has 1 heterocycles. The summed E-state index contributed by atoms with van der Waals surface area (Å²) in [5, 5.41) is 3.01. The minimum Gasteiger partial charge on any atom is -0.497 e. The van der Waals surface area contributed by atoms with Gasteiger partial charge in [0.2, 0.25) is 5.91 Å². The van der Waals surface area contributed by atoms with Crippen LogP contribution in [0.2, 0.25) is 0 Å². The predicted octanol–water partition coefficient (Wildman–Crippen LogP) is 4.06. The van der Waals surface area contributed by atoms with Crippen molar-refractivity contribution in [3.8, 4) is 5.75 Å². The van der Waals surface area contributed by atoms with E-state index < -0.39 is 6.04 Å². The molecule has 1 N–H and O–H groups in total. The molecule has 0 bridgehead atoms. The number of methoxy groups -OCH3 is 1. The molecule has 0 aliphatic carbocycles. The summed E-state index contributed by atoms with van der Waals surface area (Å²) in [4.78, 5) is 29.4. The van der Waals surface area contributed by atoms with Gasteiger partial charge in [-0.15, -0.1) is 0 Å². The second-order valence-electron chi connectivity index (χ2n) is 6.60. The van der Waals surface area contributed by atoms with Crippen LogP contribution in [0.15, 0.2) is 65.4 Å². The van der Waals surface area contributed by atoms with Gasteiger partial charge in [0.05, 0.1) is 7.11 Å². The van der Waals surface area contributed by atoms with Crippen LogP contribution < -0.4 is 10.1 Å². The van der Waals surface area contributed by atoms with E-state index in [1.54, 1.807) is 25.4 Å². The molecule has 0 aliphatic rings. The first-order valence-corrected chi connectivity index (χ1v) is 9.96. The SMILES string of the molecule is COc1cccc([C@H](NC(=O)CCC(=O)c2ccc(Br)cc2)c2nccn2C)c1. The highest BCUT2D eigenvalue weighted by Gasteiger charge is 2.21. The summed E-state index contributed by atoms with van der Waals surface area (Å²) in [7, 11) is 3.47. The Morgan fingerprint density at radius 1 is 1.17 bits per heavy atom. The van der Waals surface area contributed by atoms with Crippen molar-refractivity contribution in [2.45, 2.75) is 18.9 Å². The van der Waals surface area contributed by atoms with Crippen molar-refractivity contribution in [1.82, 2.24) is 14.9 Å². The Morgan fingerprint density at radius 3 is 2.59 bits per heavy atom. The summed E-state index contributed by atoms with van der Waals surface area (Å²) in [6.07, 6.45) is 3.75. The fourth-order valence-corrected chi connectivity index (χ4v) is 3.28. The lowest BCUT2D eigenvalue weighted by atomic mass is 10.0. The number of benzene rings is 2. The molecule has 150 valence electrons. The smallest absolute Gasteiger partial charge is 0.221 e. The van der Waals surface area contributed by atoms with E-state index >= 15 is 0 Å². The molecule has 3 rings (SSSR count). The number of nitrogens with zero attached hydrogens (tertiary/aromatic N) is 2. The first kappa shape index (κ1) is 20.8. The Hall–Kier alpha value is -2.93. The van der Waals surface area contributed by atoms with Gasteiger partial charge < -0.3 is 14.6 Å². The number of nitrogens with one attached hydrogen (secondary N) is 1. The highest BCUT2D eigenvalue weighted by molar-refractivity contribution is 9.10. The molecular formula is C22H22BrN3O3. The van der Waals surface area contributed by atoms with Gasteiger partial charge in [-0.05, 0) is 29.8 Å². The number of aryl methyl sites for hydroxylation is 1. The minimum absolute atomic E-state index is 0.0671. The normalized spacial score (nSPS) is 11.7. The summed E-state index contributed by atoms with van der Waals surface area (Å²) in [6.45, 7) is 0.